The summed E-state index contributed by atoms with van der Waals surface area (Å²) >= 11 is 0. The number of hydrogen-bond donors (Lipinski definition) is 2. The van der Waals surface area contributed by atoms with E-state index >= 15 is 0 Å². The number of piperazine rings is 1. The Morgan fingerprint density at radius 3 is 1.91 bits per heavy atom. The SMILES string of the molecule is NC(Cc1ccc(-c2ccc(CN3CCN(c4ccc(F)cc4)CC3)cc2)cc1)C(=O)O. The number of hydrogen-bond acceptors (Lipinski definition) is 4. The van der Waals surface area contributed by atoms with Crippen molar-refractivity contribution in [2.75, 3.05) is 31.1 Å². The molecule has 0 saturated carbocycles. The van der Waals surface area contributed by atoms with E-state index in [4.69, 9.17) is 10.8 Å². The lowest BCUT2D eigenvalue weighted by molar-refractivity contribution is -0.138. The number of rotatable bonds is 7. The molecule has 0 bridgehead atoms. The maximum atomic E-state index is 13.1. The van der Waals surface area contributed by atoms with E-state index in [2.05, 4.69) is 34.1 Å². The third-order valence-electron chi connectivity index (χ3n) is 5.98. The van der Waals surface area contributed by atoms with Gasteiger partial charge in [-0.15, -0.1) is 0 Å². The Bertz CT molecular complexity index is 1030. The zero-order valence-corrected chi connectivity index (χ0v) is 18.0. The van der Waals surface area contributed by atoms with Crippen molar-refractivity contribution >= 4 is 11.7 Å². The minimum Gasteiger partial charge on any atom is -0.480 e. The second-order valence-electron chi connectivity index (χ2n) is 8.28. The fourth-order valence-corrected chi connectivity index (χ4v) is 4.05. The molecule has 1 unspecified atom stereocenters. The molecular weight excluding hydrogens is 405 g/mol. The number of carboxylic acids is 1. The Labute approximate surface area is 187 Å². The van der Waals surface area contributed by atoms with Crippen LogP contribution in [0.4, 0.5) is 10.1 Å². The molecule has 1 aliphatic heterocycles. The topological polar surface area (TPSA) is 69.8 Å². The molecule has 0 radical (unpaired) electrons. The number of benzene rings is 3. The van der Waals surface area contributed by atoms with Gasteiger partial charge in [-0.3, -0.25) is 9.69 Å². The maximum absolute atomic E-state index is 13.1. The quantitative estimate of drug-likeness (QED) is 0.594. The molecule has 3 aromatic rings. The minimum absolute atomic E-state index is 0.200. The van der Waals surface area contributed by atoms with Gasteiger partial charge in [-0.05, 0) is 52.9 Å². The third kappa shape index (κ3) is 5.52. The summed E-state index contributed by atoms with van der Waals surface area (Å²) in [6.07, 6.45) is 0.322. The van der Waals surface area contributed by atoms with E-state index in [0.29, 0.717) is 6.42 Å². The largest absolute Gasteiger partial charge is 0.480 e. The molecule has 1 heterocycles. The standard InChI is InChI=1S/C26H28FN3O2/c27-23-9-11-24(12-10-23)30-15-13-29(14-16-30)18-20-3-7-22(8-4-20)21-5-1-19(2-6-21)17-25(28)26(31)32/h1-12,25H,13-18,28H2,(H,31,32). The van der Waals surface area contributed by atoms with E-state index in [1.54, 1.807) is 0 Å². The molecule has 5 nitrogen and oxygen atoms in total. The summed E-state index contributed by atoms with van der Waals surface area (Å²) in [4.78, 5) is 15.7. The lowest BCUT2D eigenvalue weighted by atomic mass is 10.00. The van der Waals surface area contributed by atoms with Crippen LogP contribution in [0.2, 0.25) is 0 Å². The number of nitrogens with zero attached hydrogens (tertiary/aromatic N) is 2. The molecular formula is C26H28FN3O2. The highest BCUT2D eigenvalue weighted by Crippen LogP contribution is 2.22. The molecule has 0 amide bonds. The van der Waals surface area contributed by atoms with Crippen LogP contribution >= 0.6 is 0 Å². The average molecular weight is 434 g/mol. The van der Waals surface area contributed by atoms with Crippen molar-refractivity contribution in [3.05, 3.63) is 89.7 Å². The van der Waals surface area contributed by atoms with Gasteiger partial charge in [-0.1, -0.05) is 48.5 Å². The van der Waals surface area contributed by atoms with Gasteiger partial charge < -0.3 is 15.7 Å². The first-order chi connectivity index (χ1) is 15.5. The minimum atomic E-state index is -0.985. The van der Waals surface area contributed by atoms with E-state index in [1.807, 2.05) is 36.4 Å². The number of nitrogens with two attached hydrogens (primary N) is 1. The molecule has 1 atom stereocenters. The Balaban J connectivity index is 1.30. The van der Waals surface area contributed by atoms with Crippen LogP contribution < -0.4 is 10.6 Å². The highest BCUT2D eigenvalue weighted by atomic mass is 19.1. The lowest BCUT2D eigenvalue weighted by Gasteiger charge is -2.36. The fourth-order valence-electron chi connectivity index (χ4n) is 4.05. The van der Waals surface area contributed by atoms with Gasteiger partial charge in [0, 0.05) is 38.4 Å². The molecule has 1 fully saturated rings. The first-order valence-corrected chi connectivity index (χ1v) is 10.9. The van der Waals surface area contributed by atoms with Gasteiger partial charge in [0.1, 0.15) is 11.9 Å². The number of anilines is 1. The summed E-state index contributed by atoms with van der Waals surface area (Å²) < 4.78 is 13.1. The Hall–Kier alpha value is -3.22. The van der Waals surface area contributed by atoms with Gasteiger partial charge in [-0.25, -0.2) is 4.39 Å². The highest BCUT2D eigenvalue weighted by Gasteiger charge is 2.17. The first-order valence-electron chi connectivity index (χ1n) is 10.9. The molecule has 166 valence electrons. The van der Waals surface area contributed by atoms with Gasteiger partial charge in [0.05, 0.1) is 0 Å². The zero-order valence-electron chi connectivity index (χ0n) is 18.0. The van der Waals surface area contributed by atoms with E-state index in [1.165, 1.54) is 17.7 Å². The van der Waals surface area contributed by atoms with Crippen molar-refractivity contribution < 1.29 is 14.3 Å². The van der Waals surface area contributed by atoms with E-state index in [9.17, 15) is 9.18 Å². The van der Waals surface area contributed by atoms with Crippen LogP contribution in [0.5, 0.6) is 0 Å². The number of carboxylic acid groups (broad SMARTS) is 1. The van der Waals surface area contributed by atoms with E-state index < -0.39 is 12.0 Å². The van der Waals surface area contributed by atoms with Crippen LogP contribution in [0.15, 0.2) is 72.8 Å². The third-order valence-corrected chi connectivity index (χ3v) is 5.98. The number of carbonyl (C=O) groups is 1. The monoisotopic (exact) mass is 433 g/mol. The second-order valence-corrected chi connectivity index (χ2v) is 8.28. The molecule has 32 heavy (non-hydrogen) atoms. The number of halogens is 1. The fraction of sp³-hybridized carbons (Fsp3) is 0.269. The summed E-state index contributed by atoms with van der Waals surface area (Å²) in [7, 11) is 0. The van der Waals surface area contributed by atoms with Crippen molar-refractivity contribution in [3.8, 4) is 11.1 Å². The lowest BCUT2D eigenvalue weighted by Crippen LogP contribution is -2.45. The molecule has 6 heteroatoms. The molecule has 0 aliphatic carbocycles. The molecule has 0 aromatic heterocycles. The zero-order chi connectivity index (χ0) is 22.5. The van der Waals surface area contributed by atoms with Crippen LogP contribution in [-0.2, 0) is 17.8 Å². The predicted octanol–water partition coefficient (Wildman–Crippen LogP) is 3.77. The normalized spacial score (nSPS) is 15.5. The second kappa shape index (κ2) is 9.94. The van der Waals surface area contributed by atoms with Gasteiger partial charge in [0.2, 0.25) is 0 Å². The highest BCUT2D eigenvalue weighted by molar-refractivity contribution is 5.73. The molecule has 1 saturated heterocycles. The Morgan fingerprint density at radius 2 is 1.38 bits per heavy atom. The summed E-state index contributed by atoms with van der Waals surface area (Å²) in [5.74, 6) is -1.18. The number of aliphatic carboxylic acids is 1. The first kappa shape index (κ1) is 22.0. The van der Waals surface area contributed by atoms with Gasteiger partial charge in [-0.2, -0.15) is 0 Å². The van der Waals surface area contributed by atoms with Crippen molar-refractivity contribution in [2.24, 2.45) is 5.73 Å². The summed E-state index contributed by atoms with van der Waals surface area (Å²) in [6, 6.07) is 22.3. The smallest absolute Gasteiger partial charge is 0.320 e. The van der Waals surface area contributed by atoms with Crippen molar-refractivity contribution in [3.63, 3.8) is 0 Å². The summed E-state index contributed by atoms with van der Waals surface area (Å²) in [6.45, 7) is 4.71. The van der Waals surface area contributed by atoms with Crippen molar-refractivity contribution in [1.29, 1.82) is 0 Å². The maximum Gasteiger partial charge on any atom is 0.320 e. The van der Waals surface area contributed by atoms with Gasteiger partial charge in [0.15, 0.2) is 0 Å². The predicted molar refractivity (Wildman–Crippen MR) is 125 cm³/mol. The molecule has 1 aliphatic rings. The summed E-state index contributed by atoms with van der Waals surface area (Å²) in [5, 5.41) is 8.95. The van der Waals surface area contributed by atoms with Gasteiger partial charge in [0.25, 0.3) is 0 Å². The van der Waals surface area contributed by atoms with E-state index in [0.717, 1.165) is 55.1 Å². The van der Waals surface area contributed by atoms with E-state index in [-0.39, 0.29) is 5.82 Å². The Kier molecular flexibility index (Phi) is 6.83. The molecule has 3 N–H and O–H groups in total. The Morgan fingerprint density at radius 1 is 0.844 bits per heavy atom. The molecule has 4 rings (SSSR count). The van der Waals surface area contributed by atoms with Crippen molar-refractivity contribution in [2.45, 2.75) is 19.0 Å². The van der Waals surface area contributed by atoms with Crippen LogP contribution in [0.25, 0.3) is 11.1 Å². The van der Waals surface area contributed by atoms with Crippen LogP contribution in [-0.4, -0.2) is 48.2 Å². The van der Waals surface area contributed by atoms with Crippen LogP contribution in [0, 0.1) is 5.82 Å². The van der Waals surface area contributed by atoms with Crippen LogP contribution in [0.1, 0.15) is 11.1 Å². The summed E-state index contributed by atoms with van der Waals surface area (Å²) in [5.41, 5.74) is 11.1. The molecule has 3 aromatic carbocycles. The van der Waals surface area contributed by atoms with Crippen molar-refractivity contribution in [1.82, 2.24) is 4.90 Å². The average Bonchev–Trinajstić information content (AvgIpc) is 2.81. The van der Waals surface area contributed by atoms with Crippen LogP contribution in [0.3, 0.4) is 0 Å². The molecule has 0 spiro atoms. The van der Waals surface area contributed by atoms with Gasteiger partial charge >= 0.3 is 5.97 Å².